The fourth-order valence-corrected chi connectivity index (χ4v) is 2.02. The summed E-state index contributed by atoms with van der Waals surface area (Å²) in [4.78, 5) is 21.3. The molecule has 19 heavy (non-hydrogen) atoms. The van der Waals surface area contributed by atoms with Gasteiger partial charge in [0.2, 0.25) is 0 Å². The molecule has 0 saturated heterocycles. The van der Waals surface area contributed by atoms with Crippen LogP contribution in [0.3, 0.4) is 0 Å². The molecule has 0 radical (unpaired) electrons. The number of halogens is 1. The number of carboxylic acid groups (broad SMARTS) is 1. The normalized spacial score (nSPS) is 10.4. The molecule has 8 heteroatoms. The molecule has 2 rings (SSSR count). The Hall–Kier alpha value is -2.22. The highest BCUT2D eigenvalue weighted by molar-refractivity contribution is 9.10. The van der Waals surface area contributed by atoms with Crippen LogP contribution in [-0.2, 0) is 0 Å². The van der Waals surface area contributed by atoms with Crippen molar-refractivity contribution in [2.45, 2.75) is 6.92 Å². The second kappa shape index (κ2) is 4.81. The maximum atomic E-state index is 11.2. The van der Waals surface area contributed by atoms with Crippen LogP contribution in [0.4, 0.5) is 5.82 Å². The zero-order valence-corrected chi connectivity index (χ0v) is 11.3. The SMILES string of the molecule is Cc1cc([N+](=O)[O-])nn1-c1ccc(Br)cc1C(=O)O. The molecule has 7 nitrogen and oxygen atoms in total. The van der Waals surface area contributed by atoms with E-state index in [4.69, 9.17) is 5.11 Å². The van der Waals surface area contributed by atoms with Crippen LogP contribution in [-0.4, -0.2) is 25.8 Å². The van der Waals surface area contributed by atoms with Crippen LogP contribution in [0.15, 0.2) is 28.7 Å². The van der Waals surface area contributed by atoms with Crippen LogP contribution in [0.1, 0.15) is 16.1 Å². The predicted octanol–water partition coefficient (Wildman–Crippen LogP) is 2.55. The molecule has 0 fully saturated rings. The van der Waals surface area contributed by atoms with E-state index < -0.39 is 10.9 Å². The lowest BCUT2D eigenvalue weighted by Crippen LogP contribution is -2.08. The van der Waals surface area contributed by atoms with Crippen molar-refractivity contribution in [3.8, 4) is 5.69 Å². The van der Waals surface area contributed by atoms with Gasteiger partial charge in [-0.3, -0.25) is 0 Å². The fraction of sp³-hybridized carbons (Fsp3) is 0.0909. The second-order valence-corrected chi connectivity index (χ2v) is 4.70. The van der Waals surface area contributed by atoms with Crippen molar-refractivity contribution >= 4 is 27.7 Å². The van der Waals surface area contributed by atoms with Crippen molar-refractivity contribution < 1.29 is 14.8 Å². The van der Waals surface area contributed by atoms with E-state index in [1.807, 2.05) is 0 Å². The Morgan fingerprint density at radius 1 is 1.47 bits per heavy atom. The van der Waals surface area contributed by atoms with E-state index in [1.54, 1.807) is 13.0 Å². The summed E-state index contributed by atoms with van der Waals surface area (Å²) in [5, 5.41) is 23.6. The van der Waals surface area contributed by atoms with E-state index in [-0.39, 0.29) is 17.1 Å². The van der Waals surface area contributed by atoms with Gasteiger partial charge in [-0.05, 0) is 30.0 Å². The molecule has 0 aliphatic heterocycles. The summed E-state index contributed by atoms with van der Waals surface area (Å²) in [7, 11) is 0. The van der Waals surface area contributed by atoms with E-state index in [0.29, 0.717) is 10.2 Å². The number of hydrogen-bond acceptors (Lipinski definition) is 4. The van der Waals surface area contributed by atoms with Gasteiger partial charge in [-0.15, -0.1) is 4.68 Å². The molecule has 0 saturated carbocycles. The zero-order chi connectivity index (χ0) is 14.2. The molecule has 1 aromatic heterocycles. The summed E-state index contributed by atoms with van der Waals surface area (Å²) in [5.74, 6) is -1.45. The first kappa shape index (κ1) is 13.2. The molecule has 1 heterocycles. The van der Waals surface area contributed by atoms with E-state index in [0.717, 1.165) is 0 Å². The van der Waals surface area contributed by atoms with E-state index in [1.165, 1.54) is 22.9 Å². The molecule has 0 atom stereocenters. The van der Waals surface area contributed by atoms with Crippen molar-refractivity contribution in [1.82, 2.24) is 9.78 Å². The highest BCUT2D eigenvalue weighted by Crippen LogP contribution is 2.23. The summed E-state index contributed by atoms with van der Waals surface area (Å²) < 4.78 is 1.85. The fourth-order valence-electron chi connectivity index (χ4n) is 1.66. The summed E-state index contributed by atoms with van der Waals surface area (Å²) in [6, 6.07) is 5.89. The van der Waals surface area contributed by atoms with Crippen molar-refractivity contribution in [2.24, 2.45) is 0 Å². The minimum absolute atomic E-state index is 0.00970. The minimum Gasteiger partial charge on any atom is -0.478 e. The number of aromatic nitrogens is 2. The summed E-state index contributed by atoms with van der Waals surface area (Å²) >= 11 is 3.18. The van der Waals surface area contributed by atoms with E-state index >= 15 is 0 Å². The van der Waals surface area contributed by atoms with Gasteiger partial charge in [0.15, 0.2) is 0 Å². The largest absolute Gasteiger partial charge is 0.478 e. The molecule has 1 aromatic carbocycles. The summed E-state index contributed by atoms with van der Waals surface area (Å²) in [6.07, 6.45) is 0. The van der Waals surface area contributed by atoms with Crippen molar-refractivity contribution in [3.63, 3.8) is 0 Å². The lowest BCUT2D eigenvalue weighted by atomic mass is 10.2. The Balaban J connectivity index is 2.65. The highest BCUT2D eigenvalue weighted by atomic mass is 79.9. The average Bonchev–Trinajstić information content (AvgIpc) is 2.71. The molecule has 2 aromatic rings. The number of aromatic carboxylic acids is 1. The monoisotopic (exact) mass is 325 g/mol. The molecule has 0 spiro atoms. The third-order valence-corrected chi connectivity index (χ3v) is 2.97. The van der Waals surface area contributed by atoms with Crippen molar-refractivity contribution in [1.29, 1.82) is 0 Å². The molecule has 0 aliphatic carbocycles. The maximum Gasteiger partial charge on any atom is 0.390 e. The van der Waals surface area contributed by atoms with Gasteiger partial charge in [0.1, 0.15) is 5.69 Å². The molecule has 1 N–H and O–H groups in total. The summed E-state index contributed by atoms with van der Waals surface area (Å²) in [5.41, 5.74) is 0.772. The van der Waals surface area contributed by atoms with Gasteiger partial charge in [-0.25, -0.2) is 4.79 Å². The van der Waals surface area contributed by atoms with E-state index in [9.17, 15) is 14.9 Å². The van der Waals surface area contributed by atoms with Crippen LogP contribution in [0, 0.1) is 17.0 Å². The highest BCUT2D eigenvalue weighted by Gasteiger charge is 2.21. The number of hydrogen-bond donors (Lipinski definition) is 1. The molecule has 0 bridgehead atoms. The Kier molecular flexibility index (Phi) is 3.34. The molecule has 0 amide bonds. The molecular weight excluding hydrogens is 318 g/mol. The van der Waals surface area contributed by atoms with Gasteiger partial charge in [-0.2, -0.15) is 0 Å². The predicted molar refractivity (Wildman–Crippen MR) is 69.6 cm³/mol. The molecule has 0 aliphatic rings. The maximum absolute atomic E-state index is 11.2. The standard InChI is InChI=1S/C11H8BrN3O4/c1-6-4-10(15(18)19)13-14(6)9-3-2-7(12)5-8(9)11(16)17/h2-5H,1H3,(H,16,17). The number of aryl methyl sites for hydroxylation is 1. The van der Waals surface area contributed by atoms with Gasteiger partial charge >= 0.3 is 11.8 Å². The average molecular weight is 326 g/mol. The number of nitro groups is 1. The third kappa shape index (κ3) is 2.48. The van der Waals surface area contributed by atoms with Gasteiger partial charge in [0.05, 0.1) is 22.4 Å². The van der Waals surface area contributed by atoms with Crippen LogP contribution < -0.4 is 0 Å². The minimum atomic E-state index is -1.13. The first-order valence-corrected chi connectivity index (χ1v) is 5.93. The number of rotatable bonds is 3. The topological polar surface area (TPSA) is 98.3 Å². The Bertz CT molecular complexity index is 681. The summed E-state index contributed by atoms with van der Waals surface area (Å²) in [6.45, 7) is 1.62. The van der Waals surface area contributed by atoms with E-state index in [2.05, 4.69) is 21.0 Å². The quantitative estimate of drug-likeness (QED) is 0.690. The Labute approximate surface area is 115 Å². The first-order chi connectivity index (χ1) is 8.90. The van der Waals surface area contributed by atoms with Crippen LogP contribution in [0.5, 0.6) is 0 Å². The third-order valence-electron chi connectivity index (χ3n) is 2.48. The lowest BCUT2D eigenvalue weighted by molar-refractivity contribution is -0.389. The first-order valence-electron chi connectivity index (χ1n) is 5.14. The number of nitrogens with zero attached hydrogens (tertiary/aromatic N) is 3. The van der Waals surface area contributed by atoms with Crippen LogP contribution >= 0.6 is 15.9 Å². The molecule has 98 valence electrons. The number of benzene rings is 1. The Morgan fingerprint density at radius 3 is 2.68 bits per heavy atom. The lowest BCUT2D eigenvalue weighted by Gasteiger charge is -2.05. The van der Waals surface area contributed by atoms with Gasteiger partial charge < -0.3 is 15.2 Å². The van der Waals surface area contributed by atoms with Crippen LogP contribution in [0.2, 0.25) is 0 Å². The molecule has 0 unspecified atom stereocenters. The zero-order valence-electron chi connectivity index (χ0n) is 9.70. The van der Waals surface area contributed by atoms with Gasteiger partial charge in [-0.1, -0.05) is 15.9 Å². The number of carboxylic acids is 1. The Morgan fingerprint density at radius 2 is 2.16 bits per heavy atom. The van der Waals surface area contributed by atoms with Crippen molar-refractivity contribution in [2.75, 3.05) is 0 Å². The smallest absolute Gasteiger partial charge is 0.390 e. The second-order valence-electron chi connectivity index (χ2n) is 3.78. The molecular formula is C11H8BrN3O4. The van der Waals surface area contributed by atoms with Gasteiger partial charge in [0, 0.05) is 4.47 Å². The van der Waals surface area contributed by atoms with Gasteiger partial charge in [0.25, 0.3) is 0 Å². The van der Waals surface area contributed by atoms with Crippen molar-refractivity contribution in [3.05, 3.63) is 50.1 Å². The number of carbonyl (C=O) groups is 1. The van der Waals surface area contributed by atoms with Crippen LogP contribution in [0.25, 0.3) is 5.69 Å².